The summed E-state index contributed by atoms with van der Waals surface area (Å²) >= 11 is -2.17. The molecule has 0 saturated carbocycles. The first-order chi connectivity index (χ1) is 21.3. The van der Waals surface area contributed by atoms with Crippen molar-refractivity contribution in [2.45, 2.75) is 104 Å². The summed E-state index contributed by atoms with van der Waals surface area (Å²) in [5, 5.41) is 14.5. The second kappa shape index (κ2) is 15.6. The predicted molar refractivity (Wildman–Crippen MR) is 194 cm³/mol. The van der Waals surface area contributed by atoms with Gasteiger partial charge in [-0.3, -0.25) is 4.79 Å². The van der Waals surface area contributed by atoms with Crippen molar-refractivity contribution in [1.82, 2.24) is 4.98 Å². The van der Waals surface area contributed by atoms with E-state index in [-0.39, 0.29) is 43.5 Å². The van der Waals surface area contributed by atoms with Gasteiger partial charge in [0.15, 0.2) is 5.78 Å². The Morgan fingerprint density at radius 2 is 1.54 bits per heavy atom. The molecule has 0 atom stereocenters. The molecule has 46 heavy (non-hydrogen) atoms. The van der Waals surface area contributed by atoms with Crippen molar-refractivity contribution < 1.29 is 34.7 Å². The average molecular weight is 860 g/mol. The van der Waals surface area contributed by atoms with Crippen LogP contribution in [0.3, 0.4) is 0 Å². The van der Waals surface area contributed by atoms with Gasteiger partial charge in [0.05, 0.1) is 5.76 Å². The molecule has 0 unspecified atom stereocenters. The largest absolute Gasteiger partial charge is 0 e. The van der Waals surface area contributed by atoms with Crippen molar-refractivity contribution >= 4 is 45.0 Å². The van der Waals surface area contributed by atoms with Gasteiger partial charge in [-0.2, -0.15) is 0 Å². The van der Waals surface area contributed by atoms with E-state index in [1.165, 1.54) is 43.3 Å². The molecular weight excluding hydrogens is 807 g/mol. The molecule has 0 saturated heterocycles. The Kier molecular flexibility index (Phi) is 12.9. The average Bonchev–Trinajstić information content (AvgIpc) is 2.98. The molecule has 6 heteroatoms. The zero-order chi connectivity index (χ0) is 33.2. The number of ketones is 1. The van der Waals surface area contributed by atoms with Crippen LogP contribution in [-0.4, -0.2) is 29.1 Å². The summed E-state index contributed by atoms with van der Waals surface area (Å²) in [7, 11) is 0. The number of fused-ring (bicyclic) bond motifs is 3. The number of carbonyl (C=O) groups excluding carboxylic acids is 1. The van der Waals surface area contributed by atoms with Crippen LogP contribution in [0.15, 0.2) is 48.4 Å². The van der Waals surface area contributed by atoms with E-state index in [0.29, 0.717) is 5.92 Å². The number of rotatable bonds is 9. The van der Waals surface area contributed by atoms with Crippen LogP contribution in [0, 0.1) is 31.7 Å². The number of carbonyl (C=O) groups is 1. The number of ether oxygens (including phenoxy) is 1. The van der Waals surface area contributed by atoms with Gasteiger partial charge in [-0.25, -0.2) is 0 Å². The second-order valence-electron chi connectivity index (χ2n) is 14.0. The van der Waals surface area contributed by atoms with Gasteiger partial charge in [-0.1, -0.05) is 27.7 Å². The molecule has 1 aromatic heterocycles. The van der Waals surface area contributed by atoms with Crippen molar-refractivity contribution in [2.24, 2.45) is 11.8 Å². The summed E-state index contributed by atoms with van der Waals surface area (Å²) in [4.78, 5) is 16.7. The SMILES string of the molecule is CCC(CC)C(=O)/C=C(\O)C(CC)CC.Cc1ccc2c(C(C)C)c3c([c-]c2c1)-c1ncc(C)c2cc[c]([Ge]([CH3])([CH3])[CH3])c(c12)O3.[Ir]. The van der Waals surface area contributed by atoms with E-state index in [9.17, 15) is 9.90 Å². The molecule has 1 radical (unpaired) electrons. The molecule has 1 aliphatic rings. The first-order valence-corrected chi connectivity index (χ1v) is 24.2. The number of nitrogens with zero attached hydrogens (tertiary/aromatic N) is 1. The van der Waals surface area contributed by atoms with Crippen molar-refractivity contribution in [3.63, 3.8) is 0 Å². The summed E-state index contributed by atoms with van der Waals surface area (Å²) in [6.07, 6.45) is 6.90. The Balaban J connectivity index is 0.000000309. The van der Waals surface area contributed by atoms with Crippen molar-refractivity contribution in [2.75, 3.05) is 0 Å². The molecule has 3 aromatic carbocycles. The number of hydrogen-bond acceptors (Lipinski definition) is 4. The molecule has 0 bridgehead atoms. The molecule has 1 N–H and O–H groups in total. The van der Waals surface area contributed by atoms with Gasteiger partial charge in [0.25, 0.3) is 0 Å². The van der Waals surface area contributed by atoms with Crippen molar-refractivity contribution in [3.05, 3.63) is 71.1 Å². The number of benzene rings is 3. The Labute approximate surface area is 293 Å². The van der Waals surface area contributed by atoms with Crippen LogP contribution in [-0.2, 0) is 24.9 Å². The molecule has 4 nitrogen and oxygen atoms in total. The Morgan fingerprint density at radius 1 is 0.935 bits per heavy atom. The second-order valence-corrected chi connectivity index (χ2v) is 24.5. The van der Waals surface area contributed by atoms with E-state index >= 15 is 0 Å². The van der Waals surface area contributed by atoms with E-state index in [4.69, 9.17) is 9.72 Å². The van der Waals surface area contributed by atoms with Crippen LogP contribution in [0.1, 0.15) is 89.8 Å². The van der Waals surface area contributed by atoms with Gasteiger partial charge < -0.3 is 5.11 Å². The van der Waals surface area contributed by atoms with Gasteiger partial charge in [-0.15, -0.1) is 0 Å². The first-order valence-electron chi connectivity index (χ1n) is 16.8. The van der Waals surface area contributed by atoms with Crippen LogP contribution in [0.25, 0.3) is 32.8 Å². The summed E-state index contributed by atoms with van der Waals surface area (Å²) < 4.78 is 8.27. The Morgan fingerprint density at radius 3 is 2.11 bits per heavy atom. The third-order valence-electron chi connectivity index (χ3n) is 9.31. The number of hydrogen-bond donors (Lipinski definition) is 1. The van der Waals surface area contributed by atoms with Crippen LogP contribution in [0.4, 0.5) is 0 Å². The van der Waals surface area contributed by atoms with Gasteiger partial charge in [0.1, 0.15) is 0 Å². The zero-order valence-electron chi connectivity index (χ0n) is 29.6. The molecule has 0 aliphatic carbocycles. The number of aliphatic hydroxyl groups is 1. The van der Waals surface area contributed by atoms with E-state index < -0.39 is 13.3 Å². The predicted octanol–water partition coefficient (Wildman–Crippen LogP) is 11.1. The third-order valence-corrected chi connectivity index (χ3v) is 13.5. The van der Waals surface area contributed by atoms with Crippen LogP contribution in [0.2, 0.25) is 17.3 Å². The van der Waals surface area contributed by atoms with Gasteiger partial charge in [0.2, 0.25) is 0 Å². The minimum absolute atomic E-state index is 0. The standard InChI is InChI=1S/C27H28GeNO.C13H24O2.Ir/c1-15(2)23-20-9-8-16(3)12-18(20)13-21-25-24-19(17(4)14-29-25)10-11-22(28(5,6)7)27(24)30-26(21)23;1-5-10(6-2)12(14)9-13(15)11(7-3)8-4;/h8-12,14-15H,1-7H3;9-11,14H,5-8H2,1-4H3;/q-1;;/b;12-9-;. The maximum atomic E-state index is 11.7. The zero-order valence-corrected chi connectivity index (χ0v) is 34.1. The molecule has 0 fully saturated rings. The van der Waals surface area contributed by atoms with Crippen molar-refractivity contribution in [1.29, 1.82) is 0 Å². The summed E-state index contributed by atoms with van der Waals surface area (Å²) in [6.45, 7) is 16.8. The molecule has 249 valence electrons. The molecule has 5 rings (SSSR count). The van der Waals surface area contributed by atoms with Crippen molar-refractivity contribution in [3.8, 4) is 22.8 Å². The fourth-order valence-corrected chi connectivity index (χ4v) is 9.52. The Bertz CT molecular complexity index is 1740. The fourth-order valence-electron chi connectivity index (χ4n) is 6.50. The minimum atomic E-state index is -2.17. The smallest absolute Gasteiger partial charge is 0 e. The number of aromatic nitrogens is 1. The van der Waals surface area contributed by atoms with Gasteiger partial charge >= 0.3 is 182 Å². The fraction of sp³-hybridized carbons (Fsp3) is 0.450. The quantitative estimate of drug-likeness (QED) is 0.0694. The molecule has 0 amide bonds. The minimum Gasteiger partial charge on any atom is 0 e. The summed E-state index contributed by atoms with van der Waals surface area (Å²) in [6, 6.07) is 14.9. The maximum absolute atomic E-state index is 11.7. The van der Waals surface area contributed by atoms with Crippen LogP contribution in [0.5, 0.6) is 11.5 Å². The number of aliphatic hydroxyl groups excluding tert-OH is 1. The summed E-state index contributed by atoms with van der Waals surface area (Å²) in [5.74, 6) is 10.2. The first kappa shape index (κ1) is 38.0. The molecule has 2 heterocycles. The molecule has 0 spiro atoms. The van der Waals surface area contributed by atoms with Gasteiger partial charge in [0, 0.05) is 38.0 Å². The Hall–Kier alpha value is -2.47. The summed E-state index contributed by atoms with van der Waals surface area (Å²) in [5.41, 5.74) is 5.72. The van der Waals surface area contributed by atoms with E-state index in [1.54, 1.807) is 0 Å². The molecule has 1 aliphatic heterocycles. The third kappa shape index (κ3) is 7.64. The van der Waals surface area contributed by atoms with Crippen LogP contribution < -0.4 is 9.13 Å². The number of pyridine rings is 1. The van der Waals surface area contributed by atoms with Crippen LogP contribution >= 0.6 is 0 Å². The molecular formula is C40H52GeIrNO3-. The van der Waals surface area contributed by atoms with E-state index in [1.807, 2.05) is 33.9 Å². The van der Waals surface area contributed by atoms with E-state index in [0.717, 1.165) is 53.8 Å². The number of allylic oxidation sites excluding steroid dienone is 2. The van der Waals surface area contributed by atoms with Gasteiger partial charge in [-0.05, 0) is 25.7 Å². The number of aryl methyl sites for hydroxylation is 2. The monoisotopic (exact) mass is 861 g/mol. The maximum Gasteiger partial charge on any atom is 0 e. The van der Waals surface area contributed by atoms with E-state index in [2.05, 4.69) is 81.4 Å². The normalized spacial score (nSPS) is 12.6. The topological polar surface area (TPSA) is 59.4 Å². The molecule has 4 aromatic rings.